The van der Waals surface area contributed by atoms with Crippen LogP contribution in [0.3, 0.4) is 0 Å². The minimum Gasteiger partial charge on any atom is -0.365 e. The van der Waals surface area contributed by atoms with Gasteiger partial charge in [-0.15, -0.1) is 0 Å². The van der Waals surface area contributed by atoms with Crippen molar-refractivity contribution < 1.29 is 8.78 Å². The van der Waals surface area contributed by atoms with Crippen molar-refractivity contribution in [1.29, 1.82) is 5.26 Å². The molecule has 1 saturated heterocycles. The second kappa shape index (κ2) is 4.68. The molecule has 0 spiro atoms. The molecule has 0 unspecified atom stereocenters. The predicted molar refractivity (Wildman–Crippen MR) is 60.5 cm³/mol. The summed E-state index contributed by atoms with van der Waals surface area (Å²) in [6.45, 7) is 1.03. The van der Waals surface area contributed by atoms with Gasteiger partial charge in [0.25, 0.3) is 0 Å². The van der Waals surface area contributed by atoms with Crippen LogP contribution in [0.2, 0.25) is 0 Å². The molecule has 17 heavy (non-hydrogen) atoms. The minimum absolute atomic E-state index is 0.00921. The first-order chi connectivity index (χ1) is 8.11. The molecule has 0 bridgehead atoms. The molecule has 0 aromatic heterocycles. The van der Waals surface area contributed by atoms with Crippen LogP contribution < -0.4 is 10.6 Å². The Bertz CT molecular complexity index is 444. The van der Waals surface area contributed by atoms with Crippen molar-refractivity contribution in [3.63, 3.8) is 0 Å². The molecule has 1 fully saturated rings. The number of rotatable bonds is 1. The minimum atomic E-state index is -0.698. The number of nitrogens with zero attached hydrogens (tertiary/aromatic N) is 2. The number of anilines is 1. The van der Waals surface area contributed by atoms with Gasteiger partial charge in [-0.1, -0.05) is 0 Å². The van der Waals surface area contributed by atoms with Crippen LogP contribution in [-0.2, 0) is 0 Å². The van der Waals surface area contributed by atoms with Crippen molar-refractivity contribution in [2.24, 2.45) is 5.73 Å². The summed E-state index contributed by atoms with van der Waals surface area (Å²) in [5, 5.41) is 8.61. The van der Waals surface area contributed by atoms with Crippen molar-refractivity contribution in [3.8, 4) is 6.07 Å². The Balaban J connectivity index is 2.35. The van der Waals surface area contributed by atoms with Gasteiger partial charge in [-0.05, 0) is 25.0 Å². The molecular formula is C12H13F2N3. The van der Waals surface area contributed by atoms with Gasteiger partial charge in [0, 0.05) is 19.1 Å². The summed E-state index contributed by atoms with van der Waals surface area (Å²) in [5.41, 5.74) is 5.70. The fourth-order valence-electron chi connectivity index (χ4n) is 2.15. The molecule has 1 atom stereocenters. The van der Waals surface area contributed by atoms with E-state index in [9.17, 15) is 8.78 Å². The van der Waals surface area contributed by atoms with Gasteiger partial charge < -0.3 is 10.6 Å². The molecule has 0 aliphatic carbocycles. The Kier molecular flexibility index (Phi) is 3.25. The average Bonchev–Trinajstić information content (AvgIpc) is 2.28. The van der Waals surface area contributed by atoms with E-state index >= 15 is 0 Å². The highest BCUT2D eigenvalue weighted by Crippen LogP contribution is 2.27. The van der Waals surface area contributed by atoms with E-state index in [1.54, 1.807) is 11.0 Å². The third kappa shape index (κ3) is 2.37. The monoisotopic (exact) mass is 237 g/mol. The van der Waals surface area contributed by atoms with Crippen LogP contribution in [0, 0.1) is 23.0 Å². The molecule has 0 amide bonds. The van der Waals surface area contributed by atoms with E-state index in [4.69, 9.17) is 11.0 Å². The molecule has 0 radical (unpaired) electrons. The Morgan fingerprint density at radius 3 is 2.53 bits per heavy atom. The fourth-order valence-corrected chi connectivity index (χ4v) is 2.15. The van der Waals surface area contributed by atoms with Gasteiger partial charge >= 0.3 is 0 Å². The van der Waals surface area contributed by atoms with Crippen LogP contribution in [0.15, 0.2) is 12.1 Å². The number of benzene rings is 1. The highest BCUT2D eigenvalue weighted by molar-refractivity contribution is 5.53. The van der Waals surface area contributed by atoms with Gasteiger partial charge in [0.2, 0.25) is 0 Å². The zero-order chi connectivity index (χ0) is 12.4. The first-order valence-electron chi connectivity index (χ1n) is 5.51. The Hall–Kier alpha value is -1.67. The number of halogens is 2. The number of nitriles is 1. The van der Waals surface area contributed by atoms with Gasteiger partial charge in [-0.25, -0.2) is 8.78 Å². The molecule has 2 rings (SSSR count). The number of hydrogen-bond acceptors (Lipinski definition) is 3. The van der Waals surface area contributed by atoms with Crippen molar-refractivity contribution >= 4 is 5.69 Å². The molecular weight excluding hydrogens is 224 g/mol. The molecule has 3 nitrogen and oxygen atoms in total. The maximum Gasteiger partial charge on any atom is 0.150 e. The molecule has 2 N–H and O–H groups in total. The fraction of sp³-hybridized carbons (Fsp3) is 0.417. The third-order valence-electron chi connectivity index (χ3n) is 2.92. The zero-order valence-electron chi connectivity index (χ0n) is 9.29. The second-order valence-electron chi connectivity index (χ2n) is 4.25. The number of hydrogen-bond donors (Lipinski definition) is 1. The summed E-state index contributed by atoms with van der Waals surface area (Å²) in [5.74, 6) is -1.40. The highest BCUT2D eigenvalue weighted by Gasteiger charge is 2.23. The SMILES string of the molecule is N#Cc1cc(F)c(N2CCC[C@@H](N)C2)c(F)c1. The lowest BCUT2D eigenvalue weighted by Crippen LogP contribution is -2.43. The Labute approximate surface area is 98.4 Å². The summed E-state index contributed by atoms with van der Waals surface area (Å²) < 4.78 is 27.5. The van der Waals surface area contributed by atoms with Crippen LogP contribution >= 0.6 is 0 Å². The van der Waals surface area contributed by atoms with Crippen LogP contribution in [0.4, 0.5) is 14.5 Å². The predicted octanol–water partition coefficient (Wildman–Crippen LogP) is 1.76. The molecule has 1 aliphatic heterocycles. The summed E-state index contributed by atoms with van der Waals surface area (Å²) >= 11 is 0. The summed E-state index contributed by atoms with van der Waals surface area (Å²) in [7, 11) is 0. The van der Waals surface area contributed by atoms with E-state index in [0.717, 1.165) is 25.0 Å². The lowest BCUT2D eigenvalue weighted by Gasteiger charge is -2.33. The molecule has 1 aliphatic rings. The van der Waals surface area contributed by atoms with Gasteiger partial charge in [0.15, 0.2) is 11.6 Å². The lowest BCUT2D eigenvalue weighted by atomic mass is 10.1. The third-order valence-corrected chi connectivity index (χ3v) is 2.92. The first kappa shape index (κ1) is 11.8. The van der Waals surface area contributed by atoms with Crippen LogP contribution in [0.25, 0.3) is 0 Å². The van der Waals surface area contributed by atoms with Crippen molar-refractivity contribution in [2.75, 3.05) is 18.0 Å². The van der Waals surface area contributed by atoms with Crippen LogP contribution in [-0.4, -0.2) is 19.1 Å². The van der Waals surface area contributed by atoms with Gasteiger partial charge in [0.1, 0.15) is 5.69 Å². The molecule has 5 heteroatoms. The zero-order valence-corrected chi connectivity index (χ0v) is 9.29. The van der Waals surface area contributed by atoms with Crippen molar-refractivity contribution in [3.05, 3.63) is 29.3 Å². The standard InChI is InChI=1S/C12H13F2N3/c13-10-4-8(6-15)5-11(14)12(10)17-3-1-2-9(16)7-17/h4-5,9H,1-3,7,16H2/t9-/m1/s1. The normalized spacial score (nSPS) is 20.1. The average molecular weight is 237 g/mol. The van der Waals surface area contributed by atoms with Crippen LogP contribution in [0.1, 0.15) is 18.4 Å². The maximum atomic E-state index is 13.7. The Morgan fingerprint density at radius 1 is 1.35 bits per heavy atom. The first-order valence-corrected chi connectivity index (χ1v) is 5.51. The van der Waals surface area contributed by atoms with E-state index in [1.165, 1.54) is 0 Å². The van der Waals surface area contributed by atoms with Gasteiger partial charge in [-0.3, -0.25) is 0 Å². The number of piperidine rings is 1. The maximum absolute atomic E-state index is 13.7. The molecule has 0 saturated carbocycles. The van der Waals surface area contributed by atoms with E-state index in [1.807, 2.05) is 0 Å². The lowest BCUT2D eigenvalue weighted by molar-refractivity contribution is 0.486. The molecule has 1 heterocycles. The summed E-state index contributed by atoms with van der Waals surface area (Å²) in [6.07, 6.45) is 1.69. The topological polar surface area (TPSA) is 53.0 Å². The quantitative estimate of drug-likeness (QED) is 0.809. The molecule has 90 valence electrons. The smallest absolute Gasteiger partial charge is 0.150 e. The van der Waals surface area contributed by atoms with Gasteiger partial charge in [0.05, 0.1) is 11.6 Å². The van der Waals surface area contributed by atoms with E-state index in [0.29, 0.717) is 13.1 Å². The van der Waals surface area contributed by atoms with Crippen molar-refractivity contribution in [2.45, 2.75) is 18.9 Å². The Morgan fingerprint density at radius 2 is 2.00 bits per heavy atom. The second-order valence-corrected chi connectivity index (χ2v) is 4.25. The van der Waals surface area contributed by atoms with E-state index in [2.05, 4.69) is 0 Å². The summed E-state index contributed by atoms with van der Waals surface area (Å²) in [6, 6.07) is 3.78. The molecule has 1 aromatic carbocycles. The highest BCUT2D eigenvalue weighted by atomic mass is 19.1. The van der Waals surface area contributed by atoms with Crippen molar-refractivity contribution in [1.82, 2.24) is 0 Å². The van der Waals surface area contributed by atoms with E-state index in [-0.39, 0.29) is 17.3 Å². The van der Waals surface area contributed by atoms with Crippen LogP contribution in [0.5, 0.6) is 0 Å². The van der Waals surface area contributed by atoms with E-state index < -0.39 is 11.6 Å². The summed E-state index contributed by atoms with van der Waals surface area (Å²) in [4.78, 5) is 1.61. The number of nitrogens with two attached hydrogens (primary N) is 1. The molecule has 1 aromatic rings. The largest absolute Gasteiger partial charge is 0.365 e. The van der Waals surface area contributed by atoms with Gasteiger partial charge in [-0.2, -0.15) is 5.26 Å².